The highest BCUT2D eigenvalue weighted by Crippen LogP contribution is 2.18. The second-order valence-corrected chi connectivity index (χ2v) is 3.23. The maximum Gasteiger partial charge on any atom is 0.471 e. The molecule has 0 saturated heterocycles. The van der Waals surface area contributed by atoms with Crippen LogP contribution in [0.4, 0.5) is 29.3 Å². The molecule has 0 aliphatic rings. The van der Waals surface area contributed by atoms with Crippen LogP contribution in [0.5, 0.6) is 0 Å². The summed E-state index contributed by atoms with van der Waals surface area (Å²) in [5.74, 6) is -2.42. The molecule has 1 aromatic carbocycles. The van der Waals surface area contributed by atoms with Crippen molar-refractivity contribution in [1.82, 2.24) is 5.32 Å². The van der Waals surface area contributed by atoms with Crippen LogP contribution >= 0.6 is 0 Å². The van der Waals surface area contributed by atoms with E-state index in [1.165, 1.54) is 18.2 Å². The van der Waals surface area contributed by atoms with Crippen LogP contribution in [0.1, 0.15) is 0 Å². The van der Waals surface area contributed by atoms with Gasteiger partial charge in [0, 0.05) is 5.69 Å². The average molecular weight is 278 g/mol. The Hall–Kier alpha value is -2.33. The van der Waals surface area contributed by atoms with Crippen molar-refractivity contribution in [2.24, 2.45) is 0 Å². The third-order valence-corrected chi connectivity index (χ3v) is 1.81. The molecular formula is C9H7F3N3O4-. The van der Waals surface area contributed by atoms with Gasteiger partial charge < -0.3 is 15.8 Å². The first kappa shape index (κ1) is 14.7. The van der Waals surface area contributed by atoms with Crippen molar-refractivity contribution < 1.29 is 28.0 Å². The fraction of sp³-hybridized carbons (Fsp3) is 0.111. The van der Waals surface area contributed by atoms with E-state index in [2.05, 4.69) is 0 Å². The number of nitrogens with one attached hydrogen (secondary N) is 2. The molecule has 0 radical (unpaired) electrons. The summed E-state index contributed by atoms with van der Waals surface area (Å²) in [6.07, 6.45) is -5.18. The number of rotatable bonds is 2. The molecule has 3 N–H and O–H groups in total. The molecule has 0 aliphatic carbocycles. The minimum atomic E-state index is -5.18. The van der Waals surface area contributed by atoms with E-state index in [1.807, 2.05) is 5.32 Å². The molecular weight excluding hydrogens is 271 g/mol. The van der Waals surface area contributed by atoms with Crippen LogP contribution in [0.3, 0.4) is 0 Å². The van der Waals surface area contributed by atoms with Gasteiger partial charge in [-0.3, -0.25) is 15.3 Å². The van der Waals surface area contributed by atoms with Gasteiger partial charge >= 0.3 is 18.1 Å². The molecule has 0 aliphatic heterocycles. The van der Waals surface area contributed by atoms with Crippen molar-refractivity contribution in [3.63, 3.8) is 0 Å². The molecule has 0 fully saturated rings. The van der Waals surface area contributed by atoms with Crippen LogP contribution in [-0.2, 0) is 4.79 Å². The number of hydrogen-bond donors (Lipinski definition) is 3. The lowest BCUT2D eigenvalue weighted by Crippen LogP contribution is -2.42. The number of amides is 3. The lowest BCUT2D eigenvalue weighted by molar-refractivity contribution is -0.172. The Balaban J connectivity index is 2.67. The zero-order valence-electron chi connectivity index (χ0n) is 9.06. The van der Waals surface area contributed by atoms with Gasteiger partial charge in [-0.25, -0.2) is 4.79 Å². The summed E-state index contributed by atoms with van der Waals surface area (Å²) in [7, 11) is 0. The Morgan fingerprint density at radius 3 is 2.47 bits per heavy atom. The number of hydrogen-bond acceptors (Lipinski definition) is 5. The van der Waals surface area contributed by atoms with Gasteiger partial charge in [-0.2, -0.15) is 13.2 Å². The Bertz CT molecular complexity index is 490. The molecule has 0 saturated carbocycles. The number of benzene rings is 1. The largest absolute Gasteiger partial charge is 0.733 e. The number of anilines is 2. The van der Waals surface area contributed by atoms with Gasteiger partial charge in [-0.15, -0.1) is 0 Å². The molecule has 1 rings (SSSR count). The van der Waals surface area contributed by atoms with Crippen LogP contribution in [-0.4, -0.2) is 23.3 Å². The summed E-state index contributed by atoms with van der Waals surface area (Å²) in [6, 6.07) is 3.26. The minimum absolute atomic E-state index is 0.0834. The van der Waals surface area contributed by atoms with Gasteiger partial charge in [-0.1, -0.05) is 6.07 Å². The van der Waals surface area contributed by atoms with Crippen molar-refractivity contribution >= 4 is 23.3 Å². The number of alkyl halides is 3. The third kappa shape index (κ3) is 4.44. The molecule has 0 bridgehead atoms. The molecule has 0 heterocycles. The topological polar surface area (TPSA) is 105 Å². The number of carbonyl (C=O) groups excluding carboxylic acids is 2. The van der Waals surface area contributed by atoms with Gasteiger partial charge in [0.25, 0.3) is 0 Å². The third-order valence-electron chi connectivity index (χ3n) is 1.81. The molecule has 19 heavy (non-hydrogen) atoms. The normalized spacial score (nSPS) is 10.8. The molecule has 0 spiro atoms. The number of halogens is 3. The highest BCUT2D eigenvalue weighted by molar-refractivity contribution is 6.03. The van der Waals surface area contributed by atoms with E-state index in [0.717, 1.165) is 11.4 Å². The predicted octanol–water partition coefficient (Wildman–Crippen LogP) is 1.59. The molecule has 3 amide bonds. The highest BCUT2D eigenvalue weighted by atomic mass is 19.4. The standard InChI is InChI=1S/C9H7F3N3O4/c10-9(11,12)7(16)14-8(17)13-5-2-1-3-6(4-5)15(18)19/h1-4,18H,(H2,13,14,16,17)/q-1. The molecule has 7 nitrogen and oxygen atoms in total. The molecule has 0 aromatic heterocycles. The Morgan fingerprint density at radius 1 is 1.32 bits per heavy atom. The fourth-order valence-corrected chi connectivity index (χ4v) is 1.04. The van der Waals surface area contributed by atoms with E-state index in [1.54, 1.807) is 0 Å². The molecule has 104 valence electrons. The van der Waals surface area contributed by atoms with Gasteiger partial charge in [0.05, 0.1) is 5.69 Å². The van der Waals surface area contributed by atoms with Crippen molar-refractivity contribution in [2.75, 3.05) is 10.5 Å². The molecule has 1 aromatic rings. The Morgan fingerprint density at radius 2 is 1.95 bits per heavy atom. The summed E-state index contributed by atoms with van der Waals surface area (Å²) in [4.78, 5) is 21.5. The first-order valence-corrected chi connectivity index (χ1v) is 4.65. The summed E-state index contributed by atoms with van der Waals surface area (Å²) >= 11 is 0. The SMILES string of the molecule is O=C(NC(=O)C(F)(F)F)Nc1cccc(N([O-])O)c1. The van der Waals surface area contributed by atoms with E-state index >= 15 is 0 Å². The second kappa shape index (κ2) is 5.54. The zero-order valence-corrected chi connectivity index (χ0v) is 9.06. The first-order chi connectivity index (χ1) is 8.70. The van der Waals surface area contributed by atoms with E-state index in [4.69, 9.17) is 5.21 Å². The maximum atomic E-state index is 11.8. The molecule has 0 unspecified atom stereocenters. The maximum absolute atomic E-state index is 11.8. The van der Waals surface area contributed by atoms with Crippen LogP contribution < -0.4 is 15.9 Å². The van der Waals surface area contributed by atoms with Crippen molar-refractivity contribution in [3.8, 4) is 0 Å². The van der Waals surface area contributed by atoms with Crippen molar-refractivity contribution in [3.05, 3.63) is 29.5 Å². The van der Waals surface area contributed by atoms with Crippen LogP contribution in [0.2, 0.25) is 0 Å². The van der Waals surface area contributed by atoms with Crippen LogP contribution in [0.15, 0.2) is 24.3 Å². The zero-order chi connectivity index (χ0) is 14.6. The summed E-state index contributed by atoms with van der Waals surface area (Å²) in [6.45, 7) is 0. The Labute approximate surface area is 104 Å². The van der Waals surface area contributed by atoms with Gasteiger partial charge in [0.15, 0.2) is 0 Å². The van der Waals surface area contributed by atoms with Crippen LogP contribution in [0, 0.1) is 5.21 Å². The van der Waals surface area contributed by atoms with Gasteiger partial charge in [0.2, 0.25) is 0 Å². The number of carbonyl (C=O) groups is 2. The molecule has 10 heteroatoms. The van der Waals surface area contributed by atoms with Crippen molar-refractivity contribution in [1.29, 1.82) is 0 Å². The summed E-state index contributed by atoms with van der Waals surface area (Å²) in [5, 5.41) is 21.6. The first-order valence-electron chi connectivity index (χ1n) is 4.65. The number of imide groups is 1. The van der Waals surface area contributed by atoms with E-state index in [9.17, 15) is 28.0 Å². The summed E-state index contributed by atoms with van der Waals surface area (Å²) < 4.78 is 35.5. The van der Waals surface area contributed by atoms with E-state index < -0.39 is 23.3 Å². The van der Waals surface area contributed by atoms with E-state index in [-0.39, 0.29) is 11.4 Å². The van der Waals surface area contributed by atoms with Crippen LogP contribution in [0.25, 0.3) is 0 Å². The quantitative estimate of drug-likeness (QED) is 0.712. The fourth-order valence-electron chi connectivity index (χ4n) is 1.04. The predicted molar refractivity (Wildman–Crippen MR) is 57.3 cm³/mol. The smallest absolute Gasteiger partial charge is 0.471 e. The van der Waals surface area contributed by atoms with E-state index in [0.29, 0.717) is 0 Å². The molecule has 0 atom stereocenters. The minimum Gasteiger partial charge on any atom is -0.733 e. The van der Waals surface area contributed by atoms with Gasteiger partial charge in [-0.05, 0) is 18.2 Å². The Kier molecular flexibility index (Phi) is 4.30. The number of nitrogens with zero attached hydrogens (tertiary/aromatic N) is 1. The van der Waals surface area contributed by atoms with Crippen molar-refractivity contribution in [2.45, 2.75) is 6.18 Å². The second-order valence-electron chi connectivity index (χ2n) is 3.23. The number of urea groups is 1. The monoisotopic (exact) mass is 278 g/mol. The average Bonchev–Trinajstić information content (AvgIpc) is 2.27. The lowest BCUT2D eigenvalue weighted by atomic mass is 10.3. The highest BCUT2D eigenvalue weighted by Gasteiger charge is 2.39. The van der Waals surface area contributed by atoms with Gasteiger partial charge in [0.1, 0.15) is 0 Å². The summed E-state index contributed by atoms with van der Waals surface area (Å²) in [5.41, 5.74) is -0.333. The lowest BCUT2D eigenvalue weighted by Gasteiger charge is -2.22.